The summed E-state index contributed by atoms with van der Waals surface area (Å²) in [5.41, 5.74) is 0.564. The van der Waals surface area contributed by atoms with Gasteiger partial charge in [-0.15, -0.1) is 0 Å². The number of aryl methyl sites for hydroxylation is 1. The molecule has 0 aliphatic rings. The average molecular weight is 240 g/mol. The number of aromatic carboxylic acids is 1. The molecular formula is C11H7ClFNO2. The van der Waals surface area contributed by atoms with Gasteiger partial charge in [0.1, 0.15) is 11.0 Å². The van der Waals surface area contributed by atoms with Crippen molar-refractivity contribution in [2.45, 2.75) is 6.92 Å². The van der Waals surface area contributed by atoms with Crippen LogP contribution in [-0.2, 0) is 0 Å². The smallest absolute Gasteiger partial charge is 0.354 e. The van der Waals surface area contributed by atoms with Gasteiger partial charge in [0.15, 0.2) is 5.69 Å². The molecule has 5 heteroatoms. The van der Waals surface area contributed by atoms with Crippen LogP contribution in [0.2, 0.25) is 5.15 Å². The third-order valence-electron chi connectivity index (χ3n) is 2.34. The molecule has 1 heterocycles. The van der Waals surface area contributed by atoms with Crippen LogP contribution in [-0.4, -0.2) is 16.1 Å². The Hall–Kier alpha value is -1.68. The van der Waals surface area contributed by atoms with E-state index in [1.807, 2.05) is 0 Å². The summed E-state index contributed by atoms with van der Waals surface area (Å²) in [6, 6.07) is 4.17. The zero-order valence-corrected chi connectivity index (χ0v) is 9.05. The van der Waals surface area contributed by atoms with Crippen LogP contribution < -0.4 is 0 Å². The molecule has 0 radical (unpaired) electrons. The number of benzene rings is 1. The maximum Gasteiger partial charge on any atom is 0.354 e. The molecule has 1 aromatic carbocycles. The van der Waals surface area contributed by atoms with E-state index in [2.05, 4.69) is 4.98 Å². The highest BCUT2D eigenvalue weighted by atomic mass is 35.5. The van der Waals surface area contributed by atoms with E-state index in [-0.39, 0.29) is 16.2 Å². The summed E-state index contributed by atoms with van der Waals surface area (Å²) in [7, 11) is 0. The lowest BCUT2D eigenvalue weighted by atomic mass is 10.1. The molecule has 0 amide bonds. The van der Waals surface area contributed by atoms with Crippen LogP contribution in [0, 0.1) is 12.7 Å². The van der Waals surface area contributed by atoms with E-state index in [0.717, 1.165) is 5.56 Å². The number of rotatable bonds is 1. The molecule has 2 aromatic rings. The van der Waals surface area contributed by atoms with Gasteiger partial charge < -0.3 is 5.11 Å². The Balaban J connectivity index is 2.92. The standard InChI is InChI=1S/C11H7ClFNO2/c1-5-2-3-7(13)9-6(5)4-8(11(15)16)14-10(9)12/h2-4H,1H3,(H,15,16). The Morgan fingerprint density at radius 2 is 2.19 bits per heavy atom. The molecule has 0 aliphatic heterocycles. The second-order valence-corrected chi connectivity index (χ2v) is 3.75. The number of aromatic nitrogens is 1. The van der Waals surface area contributed by atoms with E-state index in [1.165, 1.54) is 12.1 Å². The monoisotopic (exact) mass is 239 g/mol. The summed E-state index contributed by atoms with van der Waals surface area (Å²) >= 11 is 5.77. The van der Waals surface area contributed by atoms with E-state index in [4.69, 9.17) is 16.7 Å². The molecule has 0 bridgehead atoms. The number of halogens is 2. The number of carboxylic acid groups (broad SMARTS) is 1. The topological polar surface area (TPSA) is 50.2 Å². The summed E-state index contributed by atoms with van der Waals surface area (Å²) < 4.78 is 13.5. The van der Waals surface area contributed by atoms with Crippen LogP contribution in [0.3, 0.4) is 0 Å². The van der Waals surface area contributed by atoms with E-state index >= 15 is 0 Å². The summed E-state index contributed by atoms with van der Waals surface area (Å²) in [6.07, 6.45) is 0. The maximum atomic E-state index is 13.5. The van der Waals surface area contributed by atoms with Crippen molar-refractivity contribution in [3.05, 3.63) is 40.4 Å². The third kappa shape index (κ3) is 1.61. The Bertz CT molecular complexity index is 598. The van der Waals surface area contributed by atoms with Crippen LogP contribution in [0.4, 0.5) is 4.39 Å². The summed E-state index contributed by atoms with van der Waals surface area (Å²) in [5, 5.41) is 9.31. The molecule has 0 aliphatic carbocycles. The van der Waals surface area contributed by atoms with Crippen molar-refractivity contribution in [2.24, 2.45) is 0 Å². The Morgan fingerprint density at radius 3 is 2.81 bits per heavy atom. The van der Waals surface area contributed by atoms with Gasteiger partial charge in [-0.3, -0.25) is 0 Å². The minimum atomic E-state index is -1.19. The number of fused-ring (bicyclic) bond motifs is 1. The molecular weight excluding hydrogens is 233 g/mol. The van der Waals surface area contributed by atoms with Gasteiger partial charge in [0.2, 0.25) is 0 Å². The molecule has 0 saturated carbocycles. The van der Waals surface area contributed by atoms with E-state index in [9.17, 15) is 9.18 Å². The molecule has 0 atom stereocenters. The SMILES string of the molecule is Cc1ccc(F)c2c(Cl)nc(C(=O)O)cc12. The van der Waals surface area contributed by atoms with Crippen molar-refractivity contribution in [2.75, 3.05) is 0 Å². The molecule has 0 spiro atoms. The fourth-order valence-corrected chi connectivity index (χ4v) is 1.82. The second-order valence-electron chi connectivity index (χ2n) is 3.39. The van der Waals surface area contributed by atoms with Crippen LogP contribution in [0.15, 0.2) is 18.2 Å². The van der Waals surface area contributed by atoms with Crippen molar-refractivity contribution in [1.29, 1.82) is 0 Å². The highest BCUT2D eigenvalue weighted by molar-refractivity contribution is 6.34. The number of pyridine rings is 1. The molecule has 1 N–H and O–H groups in total. The Morgan fingerprint density at radius 1 is 1.50 bits per heavy atom. The number of hydrogen-bond acceptors (Lipinski definition) is 2. The van der Waals surface area contributed by atoms with Gasteiger partial charge in [-0.2, -0.15) is 0 Å². The first kappa shape index (κ1) is 10.8. The third-order valence-corrected chi connectivity index (χ3v) is 2.61. The zero-order chi connectivity index (χ0) is 11.9. The van der Waals surface area contributed by atoms with E-state index in [1.54, 1.807) is 13.0 Å². The van der Waals surface area contributed by atoms with Crippen LogP contribution >= 0.6 is 11.6 Å². The van der Waals surface area contributed by atoms with Gasteiger partial charge in [0.25, 0.3) is 0 Å². The first-order valence-electron chi connectivity index (χ1n) is 4.49. The van der Waals surface area contributed by atoms with Crippen molar-refractivity contribution in [3.8, 4) is 0 Å². The lowest BCUT2D eigenvalue weighted by Gasteiger charge is -2.06. The quantitative estimate of drug-likeness (QED) is 0.778. The molecule has 2 rings (SSSR count). The molecule has 1 aromatic heterocycles. The predicted octanol–water partition coefficient (Wildman–Crippen LogP) is 3.03. The fraction of sp³-hybridized carbons (Fsp3) is 0.0909. The van der Waals surface area contributed by atoms with Gasteiger partial charge in [0, 0.05) is 0 Å². The molecule has 0 unspecified atom stereocenters. The lowest BCUT2D eigenvalue weighted by molar-refractivity contribution is 0.0690. The Kier molecular flexibility index (Phi) is 2.52. The van der Waals surface area contributed by atoms with Crippen molar-refractivity contribution >= 4 is 28.3 Å². The number of nitrogens with zero attached hydrogens (tertiary/aromatic N) is 1. The van der Waals surface area contributed by atoms with Gasteiger partial charge in [-0.05, 0) is 30.0 Å². The molecule has 0 saturated heterocycles. The normalized spacial score (nSPS) is 10.7. The summed E-state index contributed by atoms with van der Waals surface area (Å²) in [4.78, 5) is 14.4. The van der Waals surface area contributed by atoms with Crippen molar-refractivity contribution < 1.29 is 14.3 Å². The fourth-order valence-electron chi connectivity index (χ4n) is 1.53. The van der Waals surface area contributed by atoms with Crippen LogP contribution in [0.1, 0.15) is 16.1 Å². The van der Waals surface area contributed by atoms with Crippen LogP contribution in [0.25, 0.3) is 10.8 Å². The molecule has 3 nitrogen and oxygen atoms in total. The number of carboxylic acids is 1. The van der Waals surface area contributed by atoms with Gasteiger partial charge in [0.05, 0.1) is 5.39 Å². The predicted molar refractivity (Wildman–Crippen MR) is 58.4 cm³/mol. The van der Waals surface area contributed by atoms with Gasteiger partial charge in [-0.1, -0.05) is 17.7 Å². The average Bonchev–Trinajstić information content (AvgIpc) is 2.22. The second kappa shape index (κ2) is 3.72. The highest BCUT2D eigenvalue weighted by Gasteiger charge is 2.13. The minimum absolute atomic E-state index is 0.129. The van der Waals surface area contributed by atoms with Crippen LogP contribution in [0.5, 0.6) is 0 Å². The first-order chi connectivity index (χ1) is 7.50. The Labute approximate surface area is 95.5 Å². The molecule has 0 fully saturated rings. The van der Waals surface area contributed by atoms with Crippen molar-refractivity contribution in [1.82, 2.24) is 4.98 Å². The maximum absolute atomic E-state index is 13.5. The van der Waals surface area contributed by atoms with Gasteiger partial charge in [-0.25, -0.2) is 14.2 Å². The first-order valence-corrected chi connectivity index (χ1v) is 4.87. The number of carbonyl (C=O) groups is 1. The van der Waals surface area contributed by atoms with E-state index < -0.39 is 11.8 Å². The van der Waals surface area contributed by atoms with Crippen molar-refractivity contribution in [3.63, 3.8) is 0 Å². The summed E-state index contributed by atoms with van der Waals surface area (Å²) in [6.45, 7) is 1.75. The summed E-state index contributed by atoms with van der Waals surface area (Å²) in [5.74, 6) is -1.69. The lowest BCUT2D eigenvalue weighted by Crippen LogP contribution is -2.01. The molecule has 82 valence electrons. The number of hydrogen-bond donors (Lipinski definition) is 1. The van der Waals surface area contributed by atoms with E-state index in [0.29, 0.717) is 5.39 Å². The highest BCUT2D eigenvalue weighted by Crippen LogP contribution is 2.27. The van der Waals surface area contributed by atoms with Gasteiger partial charge >= 0.3 is 5.97 Å². The largest absolute Gasteiger partial charge is 0.477 e. The zero-order valence-electron chi connectivity index (χ0n) is 8.29. The molecule has 16 heavy (non-hydrogen) atoms. The minimum Gasteiger partial charge on any atom is -0.477 e.